The molecule has 14 heteroatoms. The molecule has 4 rings (SSSR count). The maximum atomic E-state index is 13.4. The van der Waals surface area contributed by atoms with Crippen LogP contribution in [0.2, 0.25) is 0 Å². The van der Waals surface area contributed by atoms with Crippen molar-refractivity contribution >= 4 is 53.7 Å². The molecule has 0 bridgehead atoms. The lowest BCUT2D eigenvalue weighted by molar-refractivity contribution is -0.143. The van der Waals surface area contributed by atoms with Crippen molar-refractivity contribution in [3.8, 4) is 5.75 Å². The second-order valence-corrected chi connectivity index (χ2v) is 11.8. The number of rotatable bonds is 10. The van der Waals surface area contributed by atoms with E-state index in [1.54, 1.807) is 12.1 Å². The first-order chi connectivity index (χ1) is 19.2. The predicted molar refractivity (Wildman–Crippen MR) is 154 cm³/mol. The highest BCUT2D eigenvalue weighted by Gasteiger charge is 2.40. The molecule has 2 atom stereocenters. The van der Waals surface area contributed by atoms with E-state index in [1.807, 2.05) is 9.80 Å². The van der Waals surface area contributed by atoms with Gasteiger partial charge in [0.15, 0.2) is 5.75 Å². The van der Waals surface area contributed by atoms with E-state index in [9.17, 15) is 22.5 Å². The van der Waals surface area contributed by atoms with Gasteiger partial charge in [-0.3, -0.25) is 19.3 Å². The van der Waals surface area contributed by atoms with Gasteiger partial charge in [-0.1, -0.05) is 3.89 Å². The summed E-state index contributed by atoms with van der Waals surface area (Å²) >= 11 is 1.58. The number of likely N-dealkylation sites (tertiary alicyclic amines) is 1. The highest BCUT2D eigenvalue weighted by molar-refractivity contribution is 7.80. The normalized spacial score (nSPS) is 22.0. The van der Waals surface area contributed by atoms with E-state index in [-0.39, 0.29) is 36.1 Å². The van der Waals surface area contributed by atoms with Crippen molar-refractivity contribution in [3.63, 3.8) is 0 Å². The molecule has 3 fully saturated rings. The monoisotopic (exact) mass is 599 g/mol. The third-order valence-corrected chi connectivity index (χ3v) is 8.73. The van der Waals surface area contributed by atoms with Gasteiger partial charge in [-0.25, -0.2) is 0 Å². The molecule has 1 aromatic carbocycles. The molecule has 1 spiro atoms. The number of carbonyl (C=O) groups excluding carboxylic acids is 3. The van der Waals surface area contributed by atoms with E-state index >= 15 is 0 Å². The molecule has 0 saturated carbocycles. The molecule has 1 aromatic rings. The van der Waals surface area contributed by atoms with Crippen LogP contribution in [0.15, 0.2) is 18.2 Å². The van der Waals surface area contributed by atoms with Crippen LogP contribution in [-0.2, 0) is 30.6 Å². The number of nitrogens with zero attached hydrogens (tertiary/aromatic N) is 4. The molecule has 1 N–H and O–H groups in total. The average molecular weight is 600 g/mol. The maximum absolute atomic E-state index is 13.4. The number of halogens is 1. The fourth-order valence-electron chi connectivity index (χ4n) is 5.62. The van der Waals surface area contributed by atoms with Gasteiger partial charge >= 0.3 is 11.5 Å². The molecule has 3 saturated heterocycles. The molecule has 0 aliphatic carbocycles. The third-order valence-electron chi connectivity index (χ3n) is 7.98. The van der Waals surface area contributed by atoms with Gasteiger partial charge in [-0.15, -0.1) is 0 Å². The van der Waals surface area contributed by atoms with E-state index in [4.69, 9.17) is 8.92 Å². The minimum atomic E-state index is -3.06. The number of carbonyl (C=O) groups is 3. The zero-order chi connectivity index (χ0) is 28.7. The first-order valence-corrected chi connectivity index (χ1v) is 15.1. The highest BCUT2D eigenvalue weighted by Crippen LogP contribution is 2.37. The summed E-state index contributed by atoms with van der Waals surface area (Å²) in [4.78, 5) is 43.5. The molecule has 3 aliphatic heterocycles. The van der Waals surface area contributed by atoms with Crippen LogP contribution in [0.3, 0.4) is 0 Å². The second-order valence-electron chi connectivity index (χ2n) is 10.5. The minimum Gasteiger partial charge on any atom is -0.375 e. The van der Waals surface area contributed by atoms with Crippen molar-refractivity contribution < 1.29 is 31.4 Å². The average Bonchev–Trinajstić information content (AvgIpc) is 2.94. The number of piperazine rings is 1. The van der Waals surface area contributed by atoms with Crippen LogP contribution in [0.25, 0.3) is 0 Å². The Morgan fingerprint density at radius 1 is 1.25 bits per heavy atom. The van der Waals surface area contributed by atoms with E-state index < -0.39 is 11.5 Å². The third kappa shape index (κ3) is 7.86. The standard InChI is InChI=1S/C26H38FN5O6S2/c1-28-24(34)4-8-32(19-33)20-2-3-22(23(16-20)38-40(27)36)30-13-11-29(12-14-30)18-25(35)31-9-6-26(7-10-31)17-21(39)5-15-37-26/h2-3,16,19,21,39H,4-15,17-18H2,1H3,(H,28,34). The fraction of sp³-hybridized carbons (Fsp3) is 0.654. The molecular formula is C26H38FN5O6S2. The van der Waals surface area contributed by atoms with Crippen LogP contribution >= 0.6 is 12.6 Å². The van der Waals surface area contributed by atoms with Gasteiger partial charge in [0.25, 0.3) is 0 Å². The summed E-state index contributed by atoms with van der Waals surface area (Å²) < 4.78 is 35.8. The molecule has 3 amide bonds. The number of benzene rings is 1. The van der Waals surface area contributed by atoms with Gasteiger partial charge in [0.2, 0.25) is 18.2 Å². The number of piperidine rings is 1. The highest BCUT2D eigenvalue weighted by atomic mass is 32.2. The largest absolute Gasteiger partial charge is 0.401 e. The number of hydrogen-bond acceptors (Lipinski definition) is 9. The lowest BCUT2D eigenvalue weighted by atomic mass is 9.84. The van der Waals surface area contributed by atoms with Crippen LogP contribution < -0.4 is 19.3 Å². The Balaban J connectivity index is 1.32. The Hall–Kier alpha value is -2.42. The summed E-state index contributed by atoms with van der Waals surface area (Å²) in [6.07, 6.45) is 4.25. The van der Waals surface area contributed by atoms with Gasteiger partial charge in [-0.05, 0) is 37.8 Å². The number of amides is 3. The lowest BCUT2D eigenvalue weighted by Gasteiger charge is -2.45. The van der Waals surface area contributed by atoms with Gasteiger partial charge in [0, 0.05) is 82.9 Å². The van der Waals surface area contributed by atoms with Crippen molar-refractivity contribution in [2.75, 3.05) is 75.8 Å². The van der Waals surface area contributed by atoms with Crippen LogP contribution in [-0.4, -0.2) is 109 Å². The maximum Gasteiger partial charge on any atom is 0.401 e. The van der Waals surface area contributed by atoms with Crippen molar-refractivity contribution in [2.45, 2.75) is 43.0 Å². The molecule has 0 aromatic heterocycles. The van der Waals surface area contributed by atoms with E-state index in [0.717, 1.165) is 32.3 Å². The van der Waals surface area contributed by atoms with E-state index in [2.05, 4.69) is 22.8 Å². The first-order valence-electron chi connectivity index (χ1n) is 13.6. The Morgan fingerprint density at radius 2 is 1.98 bits per heavy atom. The zero-order valence-corrected chi connectivity index (χ0v) is 24.5. The van der Waals surface area contributed by atoms with Crippen molar-refractivity contribution in [2.24, 2.45) is 0 Å². The summed E-state index contributed by atoms with van der Waals surface area (Å²) in [5.74, 6) is -0.0889. The van der Waals surface area contributed by atoms with Crippen molar-refractivity contribution in [3.05, 3.63) is 18.2 Å². The van der Waals surface area contributed by atoms with Crippen molar-refractivity contribution in [1.29, 1.82) is 0 Å². The molecule has 0 radical (unpaired) electrons. The van der Waals surface area contributed by atoms with Gasteiger partial charge in [-0.2, -0.15) is 16.8 Å². The Morgan fingerprint density at radius 3 is 2.60 bits per heavy atom. The van der Waals surface area contributed by atoms with E-state index in [1.165, 1.54) is 18.0 Å². The Bertz CT molecular complexity index is 1080. The molecule has 222 valence electrons. The van der Waals surface area contributed by atoms with Crippen LogP contribution in [0, 0.1) is 0 Å². The zero-order valence-electron chi connectivity index (χ0n) is 22.8. The predicted octanol–water partition coefficient (Wildman–Crippen LogP) is 1.30. The summed E-state index contributed by atoms with van der Waals surface area (Å²) in [5.41, 5.74) is 0.784. The van der Waals surface area contributed by atoms with Crippen LogP contribution in [0.4, 0.5) is 15.3 Å². The molecule has 3 aliphatic rings. The topological polar surface area (TPSA) is 112 Å². The van der Waals surface area contributed by atoms with Gasteiger partial charge in [0.05, 0.1) is 17.8 Å². The number of nitrogens with one attached hydrogen (secondary N) is 1. The van der Waals surface area contributed by atoms with E-state index in [0.29, 0.717) is 68.8 Å². The first kappa shape index (κ1) is 30.5. The summed E-state index contributed by atoms with van der Waals surface area (Å²) in [7, 11) is 1.51. The Kier molecular flexibility index (Phi) is 10.7. The number of thiol groups is 1. The fourth-order valence-corrected chi connectivity index (χ4v) is 6.33. The molecule has 2 unspecified atom stereocenters. The minimum absolute atomic E-state index is 0.0327. The Labute approximate surface area is 242 Å². The SMILES string of the molecule is CNC(=O)CCN(C=O)c1ccc(N2CCN(CC(=O)N3CCC4(CC3)CC(S)CCO4)CC2)c(OS(=O)F)c1. The quantitative estimate of drug-likeness (QED) is 0.235. The molecule has 3 heterocycles. The number of ether oxygens (including phenoxy) is 1. The van der Waals surface area contributed by atoms with Gasteiger partial charge < -0.3 is 28.9 Å². The molecule has 40 heavy (non-hydrogen) atoms. The second kappa shape index (κ2) is 14.0. The summed E-state index contributed by atoms with van der Waals surface area (Å²) in [5, 5.41) is 2.85. The number of hydrogen-bond donors (Lipinski definition) is 2. The van der Waals surface area contributed by atoms with Crippen molar-refractivity contribution in [1.82, 2.24) is 15.1 Å². The summed E-state index contributed by atoms with van der Waals surface area (Å²) in [6, 6.07) is 4.80. The molecular weight excluding hydrogens is 561 g/mol. The lowest BCUT2D eigenvalue weighted by Crippen LogP contribution is -2.54. The molecule has 11 nitrogen and oxygen atoms in total. The number of anilines is 2. The summed E-state index contributed by atoms with van der Waals surface area (Å²) in [6.45, 7) is 4.88. The smallest absolute Gasteiger partial charge is 0.375 e. The van der Waals surface area contributed by atoms with Crippen LogP contribution in [0.1, 0.15) is 32.1 Å². The van der Waals surface area contributed by atoms with Crippen LogP contribution in [0.5, 0.6) is 5.75 Å². The van der Waals surface area contributed by atoms with Gasteiger partial charge in [0.1, 0.15) is 0 Å².